The van der Waals surface area contributed by atoms with Crippen LogP contribution >= 0.6 is 0 Å². The van der Waals surface area contributed by atoms with Crippen molar-refractivity contribution in [3.05, 3.63) is 22.8 Å². The van der Waals surface area contributed by atoms with Crippen LogP contribution in [0.1, 0.15) is 45.4 Å². The first kappa shape index (κ1) is 14.5. The van der Waals surface area contributed by atoms with Gasteiger partial charge in [-0.25, -0.2) is 9.59 Å². The zero-order chi connectivity index (χ0) is 13.5. The van der Waals surface area contributed by atoms with Crippen LogP contribution in [0, 0.1) is 0 Å². The van der Waals surface area contributed by atoms with E-state index in [1.807, 2.05) is 0 Å². The van der Waals surface area contributed by atoms with Gasteiger partial charge in [0.2, 0.25) is 0 Å². The number of hydrogen-bond acceptors (Lipinski definition) is 3. The number of carbonyl (C=O) groups excluding carboxylic acids is 1. The first-order chi connectivity index (χ1) is 8.56. The number of carbonyl (C=O) groups is 2. The van der Waals surface area contributed by atoms with Crippen molar-refractivity contribution in [3.63, 3.8) is 0 Å². The molecule has 0 spiro atoms. The molecule has 1 aliphatic rings. The quantitative estimate of drug-likeness (QED) is 0.476. The Morgan fingerprint density at radius 1 is 1.17 bits per heavy atom. The number of hydrogen-bond donors (Lipinski definition) is 1. The molecule has 0 heterocycles. The molecule has 1 saturated carbocycles. The first-order valence-corrected chi connectivity index (χ1v) is 6.28. The van der Waals surface area contributed by atoms with Gasteiger partial charge in [-0.15, -0.1) is 0 Å². The van der Waals surface area contributed by atoms with Crippen molar-refractivity contribution in [2.24, 2.45) is 0 Å². The summed E-state index contributed by atoms with van der Waals surface area (Å²) >= 11 is 0. The van der Waals surface area contributed by atoms with Crippen LogP contribution in [0.4, 0.5) is 0 Å². The zero-order valence-electron chi connectivity index (χ0n) is 11.0. The third-order valence-electron chi connectivity index (χ3n) is 3.18. The van der Waals surface area contributed by atoms with Crippen LogP contribution in [0.5, 0.6) is 0 Å². The zero-order valence-corrected chi connectivity index (χ0v) is 11.0. The Labute approximate surface area is 107 Å². The summed E-state index contributed by atoms with van der Waals surface area (Å²) in [5.41, 5.74) is 1.97. The lowest BCUT2D eigenvalue weighted by Gasteiger charge is -2.12. The molecule has 100 valence electrons. The Kier molecular flexibility index (Phi) is 5.62. The van der Waals surface area contributed by atoms with E-state index < -0.39 is 11.9 Å². The van der Waals surface area contributed by atoms with Gasteiger partial charge in [0, 0.05) is 6.08 Å². The smallest absolute Gasteiger partial charge is 0.338 e. The predicted molar refractivity (Wildman–Crippen MR) is 68.1 cm³/mol. The molecule has 0 amide bonds. The van der Waals surface area contributed by atoms with Crippen molar-refractivity contribution < 1.29 is 19.4 Å². The van der Waals surface area contributed by atoms with Crippen molar-refractivity contribution >= 4 is 11.9 Å². The van der Waals surface area contributed by atoms with Crippen LogP contribution in [0.3, 0.4) is 0 Å². The fourth-order valence-corrected chi connectivity index (χ4v) is 2.35. The molecule has 0 aromatic heterocycles. The summed E-state index contributed by atoms with van der Waals surface area (Å²) < 4.78 is 4.78. The summed E-state index contributed by atoms with van der Waals surface area (Å²) in [4.78, 5) is 22.6. The number of carboxylic acid groups (broad SMARTS) is 1. The molecule has 0 bridgehead atoms. The largest absolute Gasteiger partial charge is 0.478 e. The lowest BCUT2D eigenvalue weighted by Crippen LogP contribution is -2.10. The van der Waals surface area contributed by atoms with E-state index >= 15 is 0 Å². The monoisotopic (exact) mass is 252 g/mol. The van der Waals surface area contributed by atoms with Crippen LogP contribution in [0.15, 0.2) is 22.8 Å². The molecule has 0 aliphatic heterocycles. The molecule has 0 saturated heterocycles. The van der Waals surface area contributed by atoms with E-state index in [0.29, 0.717) is 11.1 Å². The standard InChI is InChI=1S/C14H20O4/c1-10(9-12(15)16)13(14(17)18-2)11-7-5-3-4-6-8-11/h9H,3-8H2,1-2H3,(H,15,16)/b10-9+. The molecule has 1 fully saturated rings. The second-order valence-electron chi connectivity index (χ2n) is 4.55. The SMILES string of the molecule is COC(=O)C(=C1CCCCCC1)/C(C)=C/C(=O)O. The Balaban J connectivity index is 3.13. The first-order valence-electron chi connectivity index (χ1n) is 6.28. The summed E-state index contributed by atoms with van der Waals surface area (Å²) in [7, 11) is 1.33. The summed E-state index contributed by atoms with van der Waals surface area (Å²) in [6.07, 6.45) is 7.22. The summed E-state index contributed by atoms with van der Waals surface area (Å²) in [5, 5.41) is 8.79. The minimum absolute atomic E-state index is 0.429. The van der Waals surface area contributed by atoms with Gasteiger partial charge >= 0.3 is 11.9 Å². The molecule has 0 aromatic rings. The number of esters is 1. The maximum atomic E-state index is 11.8. The van der Waals surface area contributed by atoms with Crippen molar-refractivity contribution in [3.8, 4) is 0 Å². The fraction of sp³-hybridized carbons (Fsp3) is 0.571. The number of carboxylic acids is 1. The second-order valence-corrected chi connectivity index (χ2v) is 4.55. The topological polar surface area (TPSA) is 63.6 Å². The summed E-state index contributed by atoms with van der Waals surface area (Å²) in [5.74, 6) is -1.47. The third kappa shape index (κ3) is 4.02. The molecule has 0 atom stereocenters. The molecular weight excluding hydrogens is 232 g/mol. The van der Waals surface area contributed by atoms with Gasteiger partial charge < -0.3 is 9.84 Å². The van der Waals surface area contributed by atoms with Gasteiger partial charge in [-0.2, -0.15) is 0 Å². The van der Waals surface area contributed by atoms with Gasteiger partial charge in [0.1, 0.15) is 0 Å². The Bertz CT molecular complexity index is 381. The van der Waals surface area contributed by atoms with Crippen molar-refractivity contribution in [2.75, 3.05) is 7.11 Å². The fourth-order valence-electron chi connectivity index (χ4n) is 2.35. The van der Waals surface area contributed by atoms with E-state index in [-0.39, 0.29) is 0 Å². The number of allylic oxidation sites excluding steroid dienone is 1. The van der Waals surface area contributed by atoms with Crippen molar-refractivity contribution in [2.45, 2.75) is 45.4 Å². The molecule has 1 rings (SSSR count). The maximum absolute atomic E-state index is 11.8. The van der Waals surface area contributed by atoms with E-state index in [1.165, 1.54) is 20.0 Å². The average molecular weight is 252 g/mol. The highest BCUT2D eigenvalue weighted by Crippen LogP contribution is 2.28. The van der Waals surface area contributed by atoms with E-state index in [9.17, 15) is 9.59 Å². The van der Waals surface area contributed by atoms with Crippen LogP contribution in [-0.4, -0.2) is 24.2 Å². The van der Waals surface area contributed by atoms with E-state index in [2.05, 4.69) is 0 Å². The Hall–Kier alpha value is -1.58. The van der Waals surface area contributed by atoms with Gasteiger partial charge in [-0.1, -0.05) is 18.4 Å². The third-order valence-corrected chi connectivity index (χ3v) is 3.18. The number of methoxy groups -OCH3 is 1. The lowest BCUT2D eigenvalue weighted by molar-refractivity contribution is -0.135. The number of ether oxygens (including phenoxy) is 1. The van der Waals surface area contributed by atoms with Crippen LogP contribution in [0.2, 0.25) is 0 Å². The second kappa shape index (κ2) is 6.99. The highest BCUT2D eigenvalue weighted by atomic mass is 16.5. The van der Waals surface area contributed by atoms with Crippen LogP contribution in [0.25, 0.3) is 0 Å². The van der Waals surface area contributed by atoms with Crippen LogP contribution < -0.4 is 0 Å². The van der Waals surface area contributed by atoms with E-state index in [1.54, 1.807) is 6.92 Å². The molecule has 18 heavy (non-hydrogen) atoms. The molecule has 4 nitrogen and oxygen atoms in total. The molecule has 1 N–H and O–H groups in total. The normalized spacial score (nSPS) is 17.0. The minimum Gasteiger partial charge on any atom is -0.478 e. The summed E-state index contributed by atoms with van der Waals surface area (Å²) in [6, 6.07) is 0. The molecule has 0 aromatic carbocycles. The maximum Gasteiger partial charge on any atom is 0.338 e. The molecular formula is C14H20O4. The number of rotatable bonds is 3. The highest BCUT2D eigenvalue weighted by molar-refractivity contribution is 5.96. The van der Waals surface area contributed by atoms with E-state index in [0.717, 1.165) is 37.3 Å². The van der Waals surface area contributed by atoms with Gasteiger partial charge in [0.15, 0.2) is 0 Å². The molecule has 4 heteroatoms. The molecule has 0 unspecified atom stereocenters. The minimum atomic E-state index is -1.04. The van der Waals surface area contributed by atoms with Gasteiger partial charge in [-0.3, -0.25) is 0 Å². The molecule has 1 aliphatic carbocycles. The van der Waals surface area contributed by atoms with E-state index in [4.69, 9.17) is 9.84 Å². The van der Waals surface area contributed by atoms with Gasteiger partial charge in [-0.05, 0) is 38.2 Å². The Morgan fingerprint density at radius 2 is 1.72 bits per heavy atom. The summed E-state index contributed by atoms with van der Waals surface area (Å²) in [6.45, 7) is 1.65. The van der Waals surface area contributed by atoms with Crippen molar-refractivity contribution in [1.82, 2.24) is 0 Å². The Morgan fingerprint density at radius 3 is 2.17 bits per heavy atom. The highest BCUT2D eigenvalue weighted by Gasteiger charge is 2.19. The van der Waals surface area contributed by atoms with Gasteiger partial charge in [0.05, 0.1) is 12.7 Å². The van der Waals surface area contributed by atoms with Crippen molar-refractivity contribution in [1.29, 1.82) is 0 Å². The van der Waals surface area contributed by atoms with Gasteiger partial charge in [0.25, 0.3) is 0 Å². The number of aliphatic carboxylic acids is 1. The lowest BCUT2D eigenvalue weighted by atomic mass is 9.95. The van der Waals surface area contributed by atoms with Crippen LogP contribution in [-0.2, 0) is 14.3 Å². The predicted octanol–water partition coefficient (Wildman–Crippen LogP) is 2.84. The average Bonchev–Trinajstić information content (AvgIpc) is 2.57. The molecule has 0 radical (unpaired) electrons.